The molecule has 0 spiro atoms. The fourth-order valence-electron chi connectivity index (χ4n) is 2.93. The van der Waals surface area contributed by atoms with E-state index in [1.807, 2.05) is 66.9 Å². The maximum Gasteiger partial charge on any atom is 0.309 e. The van der Waals surface area contributed by atoms with Crippen molar-refractivity contribution in [3.63, 3.8) is 0 Å². The van der Waals surface area contributed by atoms with Gasteiger partial charge < -0.3 is 16.0 Å². The minimum Gasteiger partial charge on any atom is -0.348 e. The summed E-state index contributed by atoms with van der Waals surface area (Å²) in [7, 11) is 0. The number of rotatable bonds is 7. The molecule has 3 amide bonds. The molecular weight excluding hydrogens is 386 g/mol. The maximum atomic E-state index is 12.1. The highest BCUT2D eigenvalue weighted by molar-refractivity contribution is 7.09. The number of thiophene rings is 1. The Labute approximate surface area is 173 Å². The molecule has 0 radical (unpaired) electrons. The highest BCUT2D eigenvalue weighted by atomic mass is 32.1. The van der Waals surface area contributed by atoms with Gasteiger partial charge in [0.25, 0.3) is 0 Å². The van der Waals surface area contributed by atoms with Gasteiger partial charge in [0.05, 0.1) is 12.6 Å². The first kappa shape index (κ1) is 20.5. The molecule has 0 fully saturated rings. The normalized spacial score (nSPS) is 11.6. The molecule has 0 aliphatic rings. The van der Waals surface area contributed by atoms with E-state index >= 15 is 0 Å². The van der Waals surface area contributed by atoms with Gasteiger partial charge >= 0.3 is 11.8 Å². The summed E-state index contributed by atoms with van der Waals surface area (Å²) >= 11 is 1.60. The Hall–Kier alpha value is -3.19. The van der Waals surface area contributed by atoms with Crippen molar-refractivity contribution in [2.45, 2.75) is 19.4 Å². The zero-order chi connectivity index (χ0) is 20.6. The second kappa shape index (κ2) is 9.84. The lowest BCUT2D eigenvalue weighted by atomic mass is 10.0. The molecule has 0 saturated heterocycles. The van der Waals surface area contributed by atoms with E-state index in [9.17, 15) is 14.4 Å². The fraction of sp³-hybridized carbons (Fsp3) is 0.227. The van der Waals surface area contributed by atoms with Crippen LogP contribution in [0.1, 0.15) is 23.4 Å². The summed E-state index contributed by atoms with van der Waals surface area (Å²) in [4.78, 5) is 36.9. The predicted molar refractivity (Wildman–Crippen MR) is 115 cm³/mol. The van der Waals surface area contributed by atoms with Crippen LogP contribution in [0.2, 0.25) is 0 Å². The van der Waals surface area contributed by atoms with Crippen LogP contribution >= 0.6 is 11.3 Å². The molecule has 1 atom stereocenters. The summed E-state index contributed by atoms with van der Waals surface area (Å²) in [5.41, 5.74) is 0.967. The van der Waals surface area contributed by atoms with Crippen LogP contribution in [0.4, 0.5) is 0 Å². The molecule has 3 N–H and O–H groups in total. The fourth-order valence-corrected chi connectivity index (χ4v) is 3.64. The summed E-state index contributed by atoms with van der Waals surface area (Å²) in [6, 6.07) is 17.7. The van der Waals surface area contributed by atoms with Gasteiger partial charge in [-0.1, -0.05) is 42.5 Å². The third-order valence-electron chi connectivity index (χ3n) is 4.50. The quantitative estimate of drug-likeness (QED) is 0.524. The lowest BCUT2D eigenvalue weighted by Gasteiger charge is -2.15. The second-order valence-electron chi connectivity index (χ2n) is 6.66. The molecule has 0 aliphatic heterocycles. The average molecular weight is 410 g/mol. The van der Waals surface area contributed by atoms with Gasteiger partial charge in [-0.05, 0) is 47.2 Å². The largest absolute Gasteiger partial charge is 0.348 e. The van der Waals surface area contributed by atoms with Gasteiger partial charge in [0.1, 0.15) is 0 Å². The first-order valence-electron chi connectivity index (χ1n) is 9.39. The monoisotopic (exact) mass is 409 g/mol. The Kier molecular flexibility index (Phi) is 6.97. The standard InChI is InChI=1S/C22H23N3O3S/c1-15(17-9-8-16-5-2-3-6-18(16)13-17)25-20(26)14-24-22(28)21(27)23-11-10-19-7-4-12-29-19/h2-9,12-13,15H,10-11,14H2,1H3,(H,23,27)(H,24,28)(H,25,26)/t15-/m1/s1. The van der Waals surface area contributed by atoms with Gasteiger partial charge in [0.2, 0.25) is 5.91 Å². The van der Waals surface area contributed by atoms with Crippen molar-refractivity contribution in [3.05, 3.63) is 70.4 Å². The number of benzene rings is 2. The third kappa shape index (κ3) is 5.89. The Morgan fingerprint density at radius 2 is 1.69 bits per heavy atom. The number of carbonyl (C=O) groups excluding carboxylic acids is 3. The number of hydrogen-bond acceptors (Lipinski definition) is 4. The van der Waals surface area contributed by atoms with E-state index in [0.29, 0.717) is 13.0 Å². The van der Waals surface area contributed by atoms with Crippen molar-refractivity contribution in [1.82, 2.24) is 16.0 Å². The first-order chi connectivity index (χ1) is 14.0. The van der Waals surface area contributed by atoms with Crippen LogP contribution < -0.4 is 16.0 Å². The molecule has 3 aromatic rings. The highest BCUT2D eigenvalue weighted by Gasteiger charge is 2.15. The van der Waals surface area contributed by atoms with E-state index in [4.69, 9.17) is 0 Å². The van der Waals surface area contributed by atoms with E-state index in [-0.39, 0.29) is 18.5 Å². The first-order valence-corrected chi connectivity index (χ1v) is 10.3. The topological polar surface area (TPSA) is 87.3 Å². The van der Waals surface area contributed by atoms with Crippen molar-refractivity contribution in [2.75, 3.05) is 13.1 Å². The summed E-state index contributed by atoms with van der Waals surface area (Å²) < 4.78 is 0. The van der Waals surface area contributed by atoms with Gasteiger partial charge in [0.15, 0.2) is 0 Å². The van der Waals surface area contributed by atoms with Crippen molar-refractivity contribution in [1.29, 1.82) is 0 Å². The van der Waals surface area contributed by atoms with Gasteiger partial charge in [0, 0.05) is 11.4 Å². The van der Waals surface area contributed by atoms with Crippen LogP contribution in [-0.4, -0.2) is 30.8 Å². The minimum absolute atomic E-state index is 0.219. The summed E-state index contributed by atoms with van der Waals surface area (Å²) in [6.45, 7) is 1.99. The van der Waals surface area contributed by atoms with Gasteiger partial charge in [-0.25, -0.2) is 0 Å². The van der Waals surface area contributed by atoms with Crippen molar-refractivity contribution >= 4 is 39.8 Å². The van der Waals surface area contributed by atoms with Crippen LogP contribution in [0.3, 0.4) is 0 Å². The molecule has 2 aromatic carbocycles. The van der Waals surface area contributed by atoms with E-state index < -0.39 is 11.8 Å². The molecule has 0 bridgehead atoms. The summed E-state index contributed by atoms with van der Waals surface area (Å²) in [5.74, 6) is -1.91. The molecule has 150 valence electrons. The molecule has 1 heterocycles. The van der Waals surface area contributed by atoms with E-state index in [0.717, 1.165) is 21.2 Å². The summed E-state index contributed by atoms with van der Waals surface area (Å²) in [5, 5.41) is 11.9. The zero-order valence-corrected chi connectivity index (χ0v) is 16.9. The molecular formula is C22H23N3O3S. The zero-order valence-electron chi connectivity index (χ0n) is 16.1. The van der Waals surface area contributed by atoms with E-state index in [2.05, 4.69) is 16.0 Å². The van der Waals surface area contributed by atoms with Gasteiger partial charge in [-0.15, -0.1) is 11.3 Å². The number of hydrogen-bond donors (Lipinski definition) is 3. The summed E-state index contributed by atoms with van der Waals surface area (Å²) in [6.07, 6.45) is 0.667. The van der Waals surface area contributed by atoms with Gasteiger partial charge in [-0.3, -0.25) is 14.4 Å². The Balaban J connectivity index is 1.42. The Morgan fingerprint density at radius 1 is 0.931 bits per heavy atom. The third-order valence-corrected chi connectivity index (χ3v) is 5.44. The predicted octanol–water partition coefficient (Wildman–Crippen LogP) is 2.55. The molecule has 0 unspecified atom stereocenters. The molecule has 6 nitrogen and oxygen atoms in total. The van der Waals surface area contributed by atoms with Crippen LogP contribution in [0.5, 0.6) is 0 Å². The molecule has 1 aromatic heterocycles. The second-order valence-corrected chi connectivity index (χ2v) is 7.70. The van der Waals surface area contributed by atoms with Crippen LogP contribution in [0.15, 0.2) is 60.0 Å². The minimum atomic E-state index is -0.815. The lowest BCUT2D eigenvalue weighted by Crippen LogP contribution is -2.44. The Bertz CT molecular complexity index is 1000. The Morgan fingerprint density at radius 3 is 2.45 bits per heavy atom. The van der Waals surface area contributed by atoms with Crippen molar-refractivity contribution < 1.29 is 14.4 Å². The lowest BCUT2D eigenvalue weighted by molar-refractivity contribution is -0.139. The smallest absolute Gasteiger partial charge is 0.309 e. The van der Waals surface area contributed by atoms with E-state index in [1.165, 1.54) is 0 Å². The highest BCUT2D eigenvalue weighted by Crippen LogP contribution is 2.20. The van der Waals surface area contributed by atoms with Gasteiger partial charge in [-0.2, -0.15) is 0 Å². The van der Waals surface area contributed by atoms with Crippen molar-refractivity contribution in [3.8, 4) is 0 Å². The maximum absolute atomic E-state index is 12.1. The van der Waals surface area contributed by atoms with Crippen LogP contribution in [-0.2, 0) is 20.8 Å². The molecule has 0 saturated carbocycles. The van der Waals surface area contributed by atoms with Crippen molar-refractivity contribution in [2.24, 2.45) is 0 Å². The molecule has 0 aliphatic carbocycles. The van der Waals surface area contributed by atoms with E-state index in [1.54, 1.807) is 11.3 Å². The molecule has 29 heavy (non-hydrogen) atoms. The SMILES string of the molecule is C[C@@H](NC(=O)CNC(=O)C(=O)NCCc1cccs1)c1ccc2ccccc2c1. The van der Waals surface area contributed by atoms with Crippen LogP contribution in [0, 0.1) is 0 Å². The molecule has 3 rings (SSSR count). The van der Waals surface area contributed by atoms with Crippen LogP contribution in [0.25, 0.3) is 10.8 Å². The number of amides is 3. The number of fused-ring (bicyclic) bond motifs is 1. The number of carbonyl (C=O) groups is 3. The number of nitrogens with one attached hydrogen (secondary N) is 3. The average Bonchev–Trinajstić information content (AvgIpc) is 3.25. The molecule has 7 heteroatoms.